The number of ether oxygens (including phenoxy) is 1. The lowest BCUT2D eigenvalue weighted by atomic mass is 9.96. The van der Waals surface area contributed by atoms with Crippen molar-refractivity contribution in [2.75, 3.05) is 13.7 Å². The number of alkyl halides is 2. The molecule has 11 heteroatoms. The predicted molar refractivity (Wildman–Crippen MR) is 158 cm³/mol. The number of halogens is 2. The molecule has 0 heterocycles. The van der Waals surface area contributed by atoms with E-state index < -0.39 is 47.0 Å². The van der Waals surface area contributed by atoms with Crippen LogP contribution in [0.25, 0.3) is 0 Å². The van der Waals surface area contributed by atoms with Gasteiger partial charge in [-0.3, -0.25) is 4.79 Å². The maximum Gasteiger partial charge on any atom is 0.320 e. The second kappa shape index (κ2) is 14.2. The number of amides is 1. The van der Waals surface area contributed by atoms with E-state index in [4.69, 9.17) is 4.74 Å². The van der Waals surface area contributed by atoms with Crippen LogP contribution < -0.4 is 9.84 Å². The highest BCUT2D eigenvalue weighted by atomic mass is 32.2. The number of carbonyl (C=O) groups excluding carboxylic acids is 2. The molecule has 8 nitrogen and oxygen atoms in total. The van der Waals surface area contributed by atoms with Crippen molar-refractivity contribution in [2.24, 2.45) is 0 Å². The highest BCUT2D eigenvalue weighted by Crippen LogP contribution is 2.29. The first kappa shape index (κ1) is 32.3. The minimum absolute atomic E-state index is 0.279. The summed E-state index contributed by atoms with van der Waals surface area (Å²) in [5.41, 5.74) is 1.31. The Morgan fingerprint density at radius 2 is 1.25 bits per heavy atom. The van der Waals surface area contributed by atoms with Gasteiger partial charge in [0.25, 0.3) is 0 Å². The zero-order valence-electron chi connectivity index (χ0n) is 23.9. The van der Waals surface area contributed by atoms with E-state index in [0.29, 0.717) is 31.6 Å². The number of sulfonamides is 1. The van der Waals surface area contributed by atoms with Crippen molar-refractivity contribution >= 4 is 21.9 Å². The molecule has 44 heavy (non-hydrogen) atoms. The standard InChI is InChI=1S/C33H32F2N2O6S/c1-43-28-17-19-29(20-18-28)44(41,42)36(22-26-13-7-3-8-14-26)24-33(34,35)31(38)30(21-25-11-5-2-6-12-25)37(32(39)40)23-27-15-9-4-10-16-27/h2-20,30H,21-24H2,1H3,(H,39,40)/p-1/t30-/m1/s1. The number of carboxylic acid groups (broad SMARTS) is 1. The van der Waals surface area contributed by atoms with Crippen LogP contribution >= 0.6 is 0 Å². The van der Waals surface area contributed by atoms with E-state index in [2.05, 4.69) is 0 Å². The van der Waals surface area contributed by atoms with E-state index in [1.54, 1.807) is 91.0 Å². The van der Waals surface area contributed by atoms with Gasteiger partial charge in [0.2, 0.25) is 15.8 Å². The van der Waals surface area contributed by atoms with E-state index in [-0.39, 0.29) is 17.9 Å². The number of hydrogen-bond donors (Lipinski definition) is 0. The molecule has 0 spiro atoms. The molecule has 4 aromatic carbocycles. The molecule has 4 rings (SSSR count). The smallest absolute Gasteiger partial charge is 0.320 e. The Hall–Kier alpha value is -4.61. The predicted octanol–water partition coefficient (Wildman–Crippen LogP) is 4.55. The maximum atomic E-state index is 16.1. The normalized spacial score (nSPS) is 12.5. The summed E-state index contributed by atoms with van der Waals surface area (Å²) in [7, 11) is -3.16. The summed E-state index contributed by atoms with van der Waals surface area (Å²) in [6.07, 6.45) is -2.19. The molecule has 0 bridgehead atoms. The van der Waals surface area contributed by atoms with Crippen LogP contribution in [0.1, 0.15) is 16.7 Å². The average molecular weight is 622 g/mol. The van der Waals surface area contributed by atoms with Crippen LogP contribution in [-0.4, -0.2) is 55.1 Å². The molecule has 0 aliphatic heterocycles. The number of benzene rings is 4. The molecule has 1 amide bonds. The van der Waals surface area contributed by atoms with Crippen LogP contribution in [0, 0.1) is 0 Å². The lowest BCUT2D eigenvalue weighted by molar-refractivity contribution is -0.269. The van der Waals surface area contributed by atoms with Gasteiger partial charge in [-0.05, 0) is 41.0 Å². The van der Waals surface area contributed by atoms with Gasteiger partial charge in [-0.1, -0.05) is 91.0 Å². The molecule has 0 saturated carbocycles. The van der Waals surface area contributed by atoms with Crippen molar-refractivity contribution in [1.82, 2.24) is 9.21 Å². The van der Waals surface area contributed by atoms with Crippen molar-refractivity contribution in [3.63, 3.8) is 0 Å². The topological polar surface area (TPSA) is 107 Å². The fourth-order valence-corrected chi connectivity index (χ4v) is 6.15. The van der Waals surface area contributed by atoms with Crippen LogP contribution in [0.4, 0.5) is 13.6 Å². The van der Waals surface area contributed by atoms with Gasteiger partial charge in [-0.25, -0.2) is 8.42 Å². The van der Waals surface area contributed by atoms with Crippen LogP contribution in [0.3, 0.4) is 0 Å². The molecule has 1 atom stereocenters. The number of carbonyl (C=O) groups is 2. The first-order valence-corrected chi connectivity index (χ1v) is 15.1. The molecular weight excluding hydrogens is 590 g/mol. The van der Waals surface area contributed by atoms with E-state index in [1.165, 1.54) is 31.4 Å². The summed E-state index contributed by atoms with van der Waals surface area (Å²) >= 11 is 0. The Kier molecular flexibility index (Phi) is 10.5. The Balaban J connectivity index is 1.72. The van der Waals surface area contributed by atoms with Crippen LogP contribution in [-0.2, 0) is 34.3 Å². The lowest BCUT2D eigenvalue weighted by Crippen LogP contribution is -2.57. The number of hydrogen-bond acceptors (Lipinski definition) is 6. The Bertz CT molecular complexity index is 1640. The molecule has 0 N–H and O–H groups in total. The fourth-order valence-electron chi connectivity index (χ4n) is 4.72. The third-order valence-electron chi connectivity index (χ3n) is 7.02. The van der Waals surface area contributed by atoms with Gasteiger partial charge in [0.05, 0.1) is 24.6 Å². The van der Waals surface area contributed by atoms with Gasteiger partial charge in [0, 0.05) is 19.5 Å². The molecule has 4 aromatic rings. The Labute approximate surface area is 255 Å². The van der Waals surface area contributed by atoms with Crippen molar-refractivity contribution in [3.8, 4) is 5.75 Å². The van der Waals surface area contributed by atoms with Crippen molar-refractivity contribution in [3.05, 3.63) is 132 Å². The Morgan fingerprint density at radius 1 is 0.773 bits per heavy atom. The monoisotopic (exact) mass is 621 g/mol. The summed E-state index contributed by atoms with van der Waals surface area (Å²) < 4.78 is 65.3. The zero-order chi connectivity index (χ0) is 31.7. The van der Waals surface area contributed by atoms with E-state index in [1.807, 2.05) is 0 Å². The summed E-state index contributed by atoms with van der Waals surface area (Å²) in [4.78, 5) is 26.3. The second-order valence-electron chi connectivity index (χ2n) is 10.1. The van der Waals surface area contributed by atoms with E-state index in [9.17, 15) is 23.1 Å². The molecule has 0 unspecified atom stereocenters. The van der Waals surface area contributed by atoms with E-state index in [0.717, 1.165) is 0 Å². The Morgan fingerprint density at radius 3 is 1.73 bits per heavy atom. The van der Waals surface area contributed by atoms with E-state index >= 15 is 8.78 Å². The number of rotatable bonds is 14. The average Bonchev–Trinajstić information content (AvgIpc) is 3.03. The van der Waals surface area contributed by atoms with Gasteiger partial charge in [0.15, 0.2) is 0 Å². The largest absolute Gasteiger partial charge is 0.530 e. The van der Waals surface area contributed by atoms with Gasteiger partial charge in [-0.2, -0.15) is 13.1 Å². The lowest BCUT2D eigenvalue weighted by Gasteiger charge is -2.36. The summed E-state index contributed by atoms with van der Waals surface area (Å²) in [6.45, 7) is -2.37. The van der Waals surface area contributed by atoms with Gasteiger partial charge in [-0.15, -0.1) is 0 Å². The second-order valence-corrected chi connectivity index (χ2v) is 12.0. The highest BCUT2D eigenvalue weighted by Gasteiger charge is 2.48. The molecule has 230 valence electrons. The molecule has 0 saturated heterocycles. The third kappa shape index (κ3) is 8.06. The van der Waals surface area contributed by atoms with Gasteiger partial charge < -0.3 is 19.5 Å². The molecular formula is C33H31F2N2O6S-. The number of ketones is 1. The molecule has 0 radical (unpaired) electrons. The third-order valence-corrected chi connectivity index (χ3v) is 8.82. The quantitative estimate of drug-likeness (QED) is 0.205. The molecule has 0 aliphatic carbocycles. The van der Waals surface area contributed by atoms with Crippen molar-refractivity contribution < 1.29 is 36.6 Å². The molecule has 0 fully saturated rings. The van der Waals surface area contributed by atoms with Gasteiger partial charge >= 0.3 is 5.92 Å². The van der Waals surface area contributed by atoms with Crippen LogP contribution in [0.2, 0.25) is 0 Å². The van der Waals surface area contributed by atoms with Crippen LogP contribution in [0.5, 0.6) is 5.75 Å². The first-order chi connectivity index (χ1) is 21.0. The van der Waals surface area contributed by atoms with Gasteiger partial charge in [0.1, 0.15) is 11.8 Å². The summed E-state index contributed by atoms with van der Waals surface area (Å²) in [6, 6.07) is 27.8. The molecule has 0 aliphatic rings. The molecule has 0 aromatic heterocycles. The maximum absolute atomic E-state index is 16.1. The SMILES string of the molecule is COc1ccc(S(=O)(=O)N(Cc2ccccc2)CC(F)(F)C(=O)[C@@H](Cc2ccccc2)N(Cc2ccccc2)C(=O)[O-])cc1. The zero-order valence-corrected chi connectivity index (χ0v) is 24.7. The van der Waals surface area contributed by atoms with Crippen molar-refractivity contribution in [2.45, 2.75) is 36.4 Å². The van der Waals surface area contributed by atoms with Crippen molar-refractivity contribution in [1.29, 1.82) is 0 Å². The summed E-state index contributed by atoms with van der Waals surface area (Å²) in [5.74, 6) is -5.67. The first-order valence-electron chi connectivity index (χ1n) is 13.7. The number of nitrogens with zero attached hydrogens (tertiary/aromatic N) is 2. The summed E-state index contributed by atoms with van der Waals surface area (Å²) in [5, 5.41) is 12.3. The van der Waals surface area contributed by atoms with Crippen LogP contribution in [0.15, 0.2) is 120 Å². The number of Topliss-reactive ketones (excluding diaryl/α,β-unsaturated/α-hetero) is 1. The highest BCUT2D eigenvalue weighted by molar-refractivity contribution is 7.89. The fraction of sp³-hybridized carbons (Fsp3) is 0.212. The minimum Gasteiger partial charge on any atom is -0.530 e. The number of methoxy groups -OCH3 is 1. The minimum atomic E-state index is -4.56.